The number of hydrogen-bond donors (Lipinski definition) is 2. The number of carbonyl (C=O) groups excluding carboxylic acids is 1. The summed E-state index contributed by atoms with van der Waals surface area (Å²) in [5.41, 5.74) is 0.506. The third-order valence-corrected chi connectivity index (χ3v) is 3.74. The van der Waals surface area contributed by atoms with E-state index in [0.717, 1.165) is 9.32 Å². The van der Waals surface area contributed by atoms with Crippen LogP contribution in [0.5, 0.6) is 5.75 Å². The summed E-state index contributed by atoms with van der Waals surface area (Å²) >= 11 is 7.30. The van der Waals surface area contributed by atoms with Crippen LogP contribution in [0.15, 0.2) is 42.6 Å². The van der Waals surface area contributed by atoms with Gasteiger partial charge in [0.05, 0.1) is 6.61 Å². The van der Waals surface area contributed by atoms with Gasteiger partial charge in [-0.15, -0.1) is 0 Å². The minimum Gasteiger partial charge on any atom is -0.493 e. The topological polar surface area (TPSA) is 63.2 Å². The third kappa shape index (κ3) is 6.04. The second-order valence-corrected chi connectivity index (χ2v) is 7.15. The Hall–Kier alpha value is -1.74. The van der Waals surface area contributed by atoms with Gasteiger partial charge in [0.1, 0.15) is 11.6 Å². The molecule has 0 spiro atoms. The van der Waals surface area contributed by atoms with E-state index >= 15 is 0 Å². The van der Waals surface area contributed by atoms with E-state index in [1.165, 1.54) is 0 Å². The molecule has 24 heavy (non-hydrogen) atoms. The molecule has 0 saturated heterocycles. The molecule has 7 heteroatoms. The molecule has 0 aliphatic carbocycles. The minimum absolute atomic E-state index is 0.203. The normalized spacial score (nSPS) is 10.3. The third-order valence-electron chi connectivity index (χ3n) is 2.90. The Morgan fingerprint density at radius 3 is 2.54 bits per heavy atom. The summed E-state index contributed by atoms with van der Waals surface area (Å²) in [5.74, 6) is 1.49. The van der Waals surface area contributed by atoms with Crippen molar-refractivity contribution >= 4 is 51.6 Å². The molecule has 126 valence electrons. The molecule has 5 nitrogen and oxygen atoms in total. The number of nitrogens with one attached hydrogen (secondary N) is 2. The van der Waals surface area contributed by atoms with Gasteiger partial charge in [0, 0.05) is 15.3 Å². The Morgan fingerprint density at radius 1 is 1.25 bits per heavy atom. The van der Waals surface area contributed by atoms with Crippen molar-refractivity contribution in [2.24, 2.45) is 5.92 Å². The van der Waals surface area contributed by atoms with Crippen molar-refractivity contribution in [1.29, 1.82) is 0 Å². The van der Waals surface area contributed by atoms with Crippen LogP contribution in [0.25, 0.3) is 0 Å². The number of hydrogen-bond acceptors (Lipinski definition) is 4. The lowest BCUT2D eigenvalue weighted by molar-refractivity contribution is 0.0977. The van der Waals surface area contributed by atoms with E-state index in [-0.39, 0.29) is 11.0 Å². The average Bonchev–Trinajstić information content (AvgIpc) is 2.55. The fraction of sp³-hybridized carbons (Fsp3) is 0.235. The second-order valence-electron chi connectivity index (χ2n) is 5.50. The summed E-state index contributed by atoms with van der Waals surface area (Å²) in [6.45, 7) is 4.80. The van der Waals surface area contributed by atoms with Crippen molar-refractivity contribution in [1.82, 2.24) is 10.3 Å². The van der Waals surface area contributed by atoms with Crippen molar-refractivity contribution in [3.8, 4) is 5.75 Å². The van der Waals surface area contributed by atoms with Crippen molar-refractivity contribution in [3.05, 3.63) is 51.7 Å². The minimum atomic E-state index is -0.284. The molecule has 0 fully saturated rings. The van der Waals surface area contributed by atoms with Crippen LogP contribution in [0.4, 0.5) is 5.82 Å². The van der Waals surface area contributed by atoms with Crippen LogP contribution in [-0.4, -0.2) is 22.6 Å². The molecule has 0 bridgehead atoms. The zero-order valence-electron chi connectivity index (χ0n) is 13.4. The molecule has 0 radical (unpaired) electrons. The number of thiocarbonyl (C=S) groups is 1. The zero-order valence-corrected chi connectivity index (χ0v) is 16.3. The van der Waals surface area contributed by atoms with E-state index in [9.17, 15) is 4.79 Å². The summed E-state index contributed by atoms with van der Waals surface area (Å²) < 4.78 is 6.61. The maximum Gasteiger partial charge on any atom is 0.257 e. The lowest BCUT2D eigenvalue weighted by Crippen LogP contribution is -2.34. The lowest BCUT2D eigenvalue weighted by Gasteiger charge is -2.10. The Bertz CT molecular complexity index is 703. The summed E-state index contributed by atoms with van der Waals surface area (Å²) in [4.78, 5) is 16.3. The van der Waals surface area contributed by atoms with Crippen molar-refractivity contribution in [2.45, 2.75) is 13.8 Å². The van der Waals surface area contributed by atoms with E-state index in [0.29, 0.717) is 23.9 Å². The van der Waals surface area contributed by atoms with Gasteiger partial charge in [-0.2, -0.15) is 0 Å². The van der Waals surface area contributed by atoms with E-state index in [4.69, 9.17) is 17.0 Å². The number of ether oxygens (including phenoxy) is 1. The molecule has 0 unspecified atom stereocenters. The number of anilines is 1. The van der Waals surface area contributed by atoms with Crippen LogP contribution >= 0.6 is 34.8 Å². The fourth-order valence-electron chi connectivity index (χ4n) is 1.74. The number of carbonyl (C=O) groups is 1. The lowest BCUT2D eigenvalue weighted by atomic mass is 10.2. The monoisotopic (exact) mass is 455 g/mol. The summed E-state index contributed by atoms with van der Waals surface area (Å²) in [7, 11) is 0. The van der Waals surface area contributed by atoms with Crippen molar-refractivity contribution in [3.63, 3.8) is 0 Å². The Morgan fingerprint density at radius 2 is 1.96 bits per heavy atom. The largest absolute Gasteiger partial charge is 0.493 e. The first-order chi connectivity index (χ1) is 11.4. The highest BCUT2D eigenvalue weighted by Crippen LogP contribution is 2.13. The van der Waals surface area contributed by atoms with Crippen molar-refractivity contribution in [2.75, 3.05) is 11.9 Å². The molecule has 2 N–H and O–H groups in total. The Kier molecular flexibility index (Phi) is 6.92. The molecule has 1 aromatic heterocycles. The van der Waals surface area contributed by atoms with E-state index in [1.54, 1.807) is 36.5 Å². The van der Waals surface area contributed by atoms with Crippen molar-refractivity contribution < 1.29 is 9.53 Å². The first kappa shape index (κ1) is 18.6. The number of halogens is 1. The van der Waals surface area contributed by atoms with Gasteiger partial charge in [0.2, 0.25) is 0 Å². The predicted molar refractivity (Wildman–Crippen MR) is 107 cm³/mol. The Balaban J connectivity index is 1.89. The molecule has 1 aromatic carbocycles. The number of amides is 1. The van der Waals surface area contributed by atoms with E-state index in [1.807, 2.05) is 6.07 Å². The van der Waals surface area contributed by atoms with Gasteiger partial charge < -0.3 is 10.1 Å². The van der Waals surface area contributed by atoms with Gasteiger partial charge in [-0.05, 0) is 77.1 Å². The second kappa shape index (κ2) is 8.93. The molecular weight excluding hydrogens is 437 g/mol. The van der Waals surface area contributed by atoms with Gasteiger partial charge in [0.25, 0.3) is 5.91 Å². The predicted octanol–water partition coefficient (Wildman–Crippen LogP) is 3.85. The van der Waals surface area contributed by atoms with Crippen LogP contribution in [-0.2, 0) is 0 Å². The SMILES string of the molecule is CC(C)COc1ccc(C(=O)NC(=S)Nc2ccc(I)cn2)cc1. The maximum absolute atomic E-state index is 12.2. The highest BCUT2D eigenvalue weighted by Gasteiger charge is 2.09. The summed E-state index contributed by atoms with van der Waals surface area (Å²) in [6.07, 6.45) is 1.71. The zero-order chi connectivity index (χ0) is 17.5. The van der Waals surface area contributed by atoms with Gasteiger partial charge in [0.15, 0.2) is 5.11 Å². The maximum atomic E-state index is 12.2. The van der Waals surface area contributed by atoms with Crippen LogP contribution in [0.2, 0.25) is 0 Å². The highest BCUT2D eigenvalue weighted by atomic mass is 127. The number of pyridine rings is 1. The Labute approximate surface area is 160 Å². The molecule has 0 aliphatic rings. The fourth-order valence-corrected chi connectivity index (χ4v) is 2.25. The number of benzene rings is 1. The van der Waals surface area contributed by atoms with Crippen LogP contribution in [0.3, 0.4) is 0 Å². The standard InChI is InChI=1S/C17H18IN3O2S/c1-11(2)10-23-14-6-3-12(4-7-14)16(22)21-17(24)20-15-8-5-13(18)9-19-15/h3-9,11H,10H2,1-2H3,(H2,19,20,21,22,24). The van der Waals surface area contributed by atoms with E-state index in [2.05, 4.69) is 52.1 Å². The number of nitrogens with zero attached hydrogens (tertiary/aromatic N) is 1. The highest BCUT2D eigenvalue weighted by molar-refractivity contribution is 14.1. The van der Waals surface area contributed by atoms with Crippen LogP contribution in [0.1, 0.15) is 24.2 Å². The van der Waals surface area contributed by atoms with Crippen LogP contribution < -0.4 is 15.4 Å². The van der Waals surface area contributed by atoms with Gasteiger partial charge >= 0.3 is 0 Å². The first-order valence-electron chi connectivity index (χ1n) is 7.41. The summed E-state index contributed by atoms with van der Waals surface area (Å²) in [6, 6.07) is 10.6. The average molecular weight is 455 g/mol. The molecule has 0 aliphatic heterocycles. The van der Waals surface area contributed by atoms with Gasteiger partial charge in [-0.1, -0.05) is 13.8 Å². The molecule has 2 rings (SSSR count). The molecular formula is C17H18IN3O2S. The molecule has 0 saturated carbocycles. The molecule has 1 heterocycles. The smallest absolute Gasteiger partial charge is 0.257 e. The summed E-state index contributed by atoms with van der Waals surface area (Å²) in [5, 5.41) is 5.70. The van der Waals surface area contributed by atoms with Gasteiger partial charge in [-0.3, -0.25) is 10.1 Å². The number of aromatic nitrogens is 1. The molecule has 1 amide bonds. The first-order valence-corrected chi connectivity index (χ1v) is 8.89. The van der Waals surface area contributed by atoms with Gasteiger partial charge in [-0.25, -0.2) is 4.98 Å². The quantitative estimate of drug-likeness (QED) is 0.530. The molecule has 0 atom stereocenters. The molecule has 2 aromatic rings. The van der Waals surface area contributed by atoms with Crippen LogP contribution in [0, 0.1) is 9.49 Å². The van der Waals surface area contributed by atoms with E-state index < -0.39 is 0 Å². The number of rotatable bonds is 5.